The SMILES string of the molecule is Cc1cc(Br)ccc1NC(=O)c1cc(Cl)cc([N+](=O)[O-])c1. The van der Waals surface area contributed by atoms with Crippen LogP contribution in [0.3, 0.4) is 0 Å². The molecule has 2 rings (SSSR count). The molecule has 21 heavy (non-hydrogen) atoms. The van der Waals surface area contributed by atoms with E-state index >= 15 is 0 Å². The van der Waals surface area contributed by atoms with E-state index in [2.05, 4.69) is 21.2 Å². The summed E-state index contributed by atoms with van der Waals surface area (Å²) in [5.74, 6) is -0.453. The number of anilines is 1. The van der Waals surface area contributed by atoms with Crippen LogP contribution < -0.4 is 5.32 Å². The van der Waals surface area contributed by atoms with Gasteiger partial charge in [0.25, 0.3) is 11.6 Å². The van der Waals surface area contributed by atoms with Crippen LogP contribution in [0.1, 0.15) is 15.9 Å². The zero-order valence-electron chi connectivity index (χ0n) is 10.9. The van der Waals surface area contributed by atoms with E-state index in [1.807, 2.05) is 13.0 Å². The van der Waals surface area contributed by atoms with Gasteiger partial charge in [-0.25, -0.2) is 0 Å². The van der Waals surface area contributed by atoms with Crippen molar-refractivity contribution in [2.75, 3.05) is 5.32 Å². The number of nitro benzene ring substituents is 1. The Bertz CT molecular complexity index is 734. The highest BCUT2D eigenvalue weighted by Crippen LogP contribution is 2.24. The first-order valence-corrected chi connectivity index (χ1v) is 7.06. The van der Waals surface area contributed by atoms with Crippen molar-refractivity contribution in [2.24, 2.45) is 0 Å². The first-order chi connectivity index (χ1) is 9.86. The van der Waals surface area contributed by atoms with Crippen LogP contribution in [0.15, 0.2) is 40.9 Å². The molecular formula is C14H10BrClN2O3. The minimum Gasteiger partial charge on any atom is -0.322 e. The van der Waals surface area contributed by atoms with Gasteiger partial charge in [0.05, 0.1) is 4.92 Å². The molecule has 5 nitrogen and oxygen atoms in total. The topological polar surface area (TPSA) is 72.2 Å². The number of nitrogens with zero attached hydrogens (tertiary/aromatic N) is 1. The van der Waals surface area contributed by atoms with E-state index in [-0.39, 0.29) is 16.3 Å². The molecule has 0 saturated carbocycles. The summed E-state index contributed by atoms with van der Waals surface area (Å²) in [7, 11) is 0. The molecule has 0 aliphatic carbocycles. The number of benzene rings is 2. The van der Waals surface area contributed by atoms with E-state index in [1.165, 1.54) is 18.2 Å². The number of non-ortho nitro benzene ring substituents is 1. The molecule has 0 aliphatic heterocycles. The first-order valence-electron chi connectivity index (χ1n) is 5.89. The molecule has 0 heterocycles. The monoisotopic (exact) mass is 368 g/mol. The van der Waals surface area contributed by atoms with Gasteiger partial charge in [0, 0.05) is 32.9 Å². The minimum atomic E-state index is -0.590. The molecule has 0 spiro atoms. The van der Waals surface area contributed by atoms with Crippen LogP contribution in [0, 0.1) is 17.0 Å². The summed E-state index contributed by atoms with van der Waals surface area (Å²) in [4.78, 5) is 22.4. The normalized spacial score (nSPS) is 10.2. The highest BCUT2D eigenvalue weighted by molar-refractivity contribution is 9.10. The van der Waals surface area contributed by atoms with E-state index in [0.717, 1.165) is 10.0 Å². The molecule has 0 aromatic heterocycles. The summed E-state index contributed by atoms with van der Waals surface area (Å²) in [5, 5.41) is 13.6. The highest BCUT2D eigenvalue weighted by atomic mass is 79.9. The maximum atomic E-state index is 12.2. The summed E-state index contributed by atoms with van der Waals surface area (Å²) in [5.41, 5.74) is 1.41. The summed E-state index contributed by atoms with van der Waals surface area (Å²) >= 11 is 9.14. The number of halogens is 2. The maximum absolute atomic E-state index is 12.2. The van der Waals surface area contributed by atoms with E-state index in [9.17, 15) is 14.9 Å². The Morgan fingerprint density at radius 2 is 2.00 bits per heavy atom. The Kier molecular flexibility index (Phi) is 4.59. The molecule has 108 valence electrons. The maximum Gasteiger partial charge on any atom is 0.271 e. The molecular weight excluding hydrogens is 360 g/mol. The van der Waals surface area contributed by atoms with Crippen LogP contribution in [0.4, 0.5) is 11.4 Å². The molecule has 2 aromatic carbocycles. The van der Waals surface area contributed by atoms with Gasteiger partial charge in [0.15, 0.2) is 0 Å². The number of aryl methyl sites for hydroxylation is 1. The standard InChI is InChI=1S/C14H10BrClN2O3/c1-8-4-10(15)2-3-13(8)17-14(19)9-5-11(16)7-12(6-9)18(20)21/h2-7H,1H3,(H,17,19). The molecule has 0 bridgehead atoms. The molecule has 1 N–H and O–H groups in total. The van der Waals surface area contributed by atoms with E-state index in [4.69, 9.17) is 11.6 Å². The number of carbonyl (C=O) groups is 1. The van der Waals surface area contributed by atoms with Gasteiger partial charge in [-0.1, -0.05) is 27.5 Å². The van der Waals surface area contributed by atoms with Crippen LogP contribution in [-0.4, -0.2) is 10.8 Å². The van der Waals surface area contributed by atoms with Gasteiger partial charge < -0.3 is 5.32 Å². The fourth-order valence-electron chi connectivity index (χ4n) is 1.77. The Balaban J connectivity index is 2.30. The Labute approximate surface area is 134 Å². The third-order valence-electron chi connectivity index (χ3n) is 2.79. The minimum absolute atomic E-state index is 0.136. The molecule has 0 unspecified atom stereocenters. The van der Waals surface area contributed by atoms with E-state index in [0.29, 0.717) is 5.69 Å². The van der Waals surface area contributed by atoms with Gasteiger partial charge in [0.2, 0.25) is 0 Å². The molecule has 7 heteroatoms. The fourth-order valence-corrected chi connectivity index (χ4v) is 2.48. The van der Waals surface area contributed by atoms with Crippen LogP contribution in [-0.2, 0) is 0 Å². The van der Waals surface area contributed by atoms with Gasteiger partial charge in [-0.3, -0.25) is 14.9 Å². The average Bonchev–Trinajstić information content (AvgIpc) is 2.41. The number of amides is 1. The molecule has 0 radical (unpaired) electrons. The number of rotatable bonds is 3. The third-order valence-corrected chi connectivity index (χ3v) is 3.50. The van der Waals surface area contributed by atoms with Gasteiger partial charge in [-0.15, -0.1) is 0 Å². The Morgan fingerprint density at radius 1 is 1.29 bits per heavy atom. The number of hydrogen-bond acceptors (Lipinski definition) is 3. The lowest BCUT2D eigenvalue weighted by molar-refractivity contribution is -0.384. The van der Waals surface area contributed by atoms with Crippen LogP contribution in [0.25, 0.3) is 0 Å². The highest BCUT2D eigenvalue weighted by Gasteiger charge is 2.14. The molecule has 0 fully saturated rings. The molecule has 0 atom stereocenters. The van der Waals surface area contributed by atoms with Crippen LogP contribution >= 0.6 is 27.5 Å². The van der Waals surface area contributed by atoms with Crippen molar-refractivity contribution >= 4 is 44.8 Å². The van der Waals surface area contributed by atoms with Gasteiger partial charge in [0.1, 0.15) is 0 Å². The second-order valence-electron chi connectivity index (χ2n) is 4.37. The second-order valence-corrected chi connectivity index (χ2v) is 5.72. The average molecular weight is 370 g/mol. The summed E-state index contributed by atoms with van der Waals surface area (Å²) in [6, 6.07) is 9.17. The summed E-state index contributed by atoms with van der Waals surface area (Å²) in [6.07, 6.45) is 0. The second kappa shape index (κ2) is 6.24. The smallest absolute Gasteiger partial charge is 0.271 e. The lowest BCUT2D eigenvalue weighted by Gasteiger charge is -2.09. The van der Waals surface area contributed by atoms with Crippen LogP contribution in [0.2, 0.25) is 5.02 Å². The number of hydrogen-bond donors (Lipinski definition) is 1. The summed E-state index contributed by atoms with van der Waals surface area (Å²) < 4.78 is 0.899. The summed E-state index contributed by atoms with van der Waals surface area (Å²) in [6.45, 7) is 1.85. The zero-order valence-corrected chi connectivity index (χ0v) is 13.2. The van der Waals surface area contributed by atoms with Gasteiger partial charge in [-0.2, -0.15) is 0 Å². The number of carbonyl (C=O) groups excluding carboxylic acids is 1. The fraction of sp³-hybridized carbons (Fsp3) is 0.0714. The van der Waals surface area contributed by atoms with Crippen molar-refractivity contribution in [3.63, 3.8) is 0 Å². The lowest BCUT2D eigenvalue weighted by Crippen LogP contribution is -2.13. The van der Waals surface area contributed by atoms with Crippen molar-refractivity contribution in [3.05, 3.63) is 67.1 Å². The van der Waals surface area contributed by atoms with Crippen molar-refractivity contribution < 1.29 is 9.72 Å². The van der Waals surface area contributed by atoms with Crippen molar-refractivity contribution in [1.82, 2.24) is 0 Å². The van der Waals surface area contributed by atoms with Crippen molar-refractivity contribution in [2.45, 2.75) is 6.92 Å². The predicted molar refractivity (Wildman–Crippen MR) is 84.9 cm³/mol. The zero-order chi connectivity index (χ0) is 15.6. The quantitative estimate of drug-likeness (QED) is 0.636. The Hall–Kier alpha value is -1.92. The number of nitrogens with one attached hydrogen (secondary N) is 1. The van der Waals surface area contributed by atoms with Crippen molar-refractivity contribution in [1.29, 1.82) is 0 Å². The molecule has 1 amide bonds. The van der Waals surface area contributed by atoms with E-state index in [1.54, 1.807) is 12.1 Å². The van der Waals surface area contributed by atoms with Gasteiger partial charge >= 0.3 is 0 Å². The molecule has 2 aromatic rings. The lowest BCUT2D eigenvalue weighted by atomic mass is 10.1. The largest absolute Gasteiger partial charge is 0.322 e. The van der Waals surface area contributed by atoms with Crippen molar-refractivity contribution in [3.8, 4) is 0 Å². The van der Waals surface area contributed by atoms with E-state index < -0.39 is 10.8 Å². The molecule has 0 saturated heterocycles. The predicted octanol–water partition coefficient (Wildman–Crippen LogP) is 4.57. The molecule has 0 aliphatic rings. The third kappa shape index (κ3) is 3.80. The van der Waals surface area contributed by atoms with Crippen LogP contribution in [0.5, 0.6) is 0 Å². The Morgan fingerprint density at radius 3 is 2.62 bits per heavy atom. The number of nitro groups is 1. The first kappa shape index (κ1) is 15.5. The van der Waals surface area contributed by atoms with Gasteiger partial charge in [-0.05, 0) is 36.8 Å².